The topological polar surface area (TPSA) is 156 Å². The van der Waals surface area contributed by atoms with E-state index in [4.69, 9.17) is 5.11 Å². The third-order valence-corrected chi connectivity index (χ3v) is 4.47. The van der Waals surface area contributed by atoms with Crippen molar-refractivity contribution < 1.29 is 40.2 Å². The number of hydrogen-bond acceptors (Lipinski definition) is 8. The van der Waals surface area contributed by atoms with E-state index in [1.807, 2.05) is 0 Å². The Morgan fingerprint density at radius 1 is 0.808 bits per heavy atom. The van der Waals surface area contributed by atoms with Crippen LogP contribution in [0, 0.1) is 0 Å². The molecule has 2 aromatic carbocycles. The van der Waals surface area contributed by atoms with E-state index in [-0.39, 0.29) is 35.3 Å². The van der Waals surface area contributed by atoms with Gasteiger partial charge in [-0.2, -0.15) is 0 Å². The van der Waals surface area contributed by atoms with Crippen LogP contribution >= 0.6 is 0 Å². The fourth-order valence-corrected chi connectivity index (χ4v) is 3.26. The smallest absolute Gasteiger partial charge is 0.201 e. The van der Waals surface area contributed by atoms with E-state index in [0.717, 1.165) is 18.2 Å². The van der Waals surface area contributed by atoms with Gasteiger partial charge in [-0.05, 0) is 18.6 Å². The molecule has 1 aliphatic carbocycles. The highest BCUT2D eigenvalue weighted by atomic mass is 16.3. The molecule has 8 heteroatoms. The minimum Gasteiger partial charge on any atom is -0.508 e. The zero-order valence-electron chi connectivity index (χ0n) is 13.4. The summed E-state index contributed by atoms with van der Waals surface area (Å²) in [5, 5.41) is 58.8. The highest BCUT2D eigenvalue weighted by molar-refractivity contribution is 6.30. The Bertz CT molecular complexity index is 932. The zero-order valence-corrected chi connectivity index (χ0v) is 13.4. The largest absolute Gasteiger partial charge is 0.508 e. The summed E-state index contributed by atoms with van der Waals surface area (Å²) in [7, 11) is 0. The molecule has 0 unspecified atom stereocenters. The van der Waals surface area contributed by atoms with Gasteiger partial charge in [-0.1, -0.05) is 0 Å². The second kappa shape index (κ2) is 6.32. The summed E-state index contributed by atoms with van der Waals surface area (Å²) in [6.45, 7) is -0.852. The summed E-state index contributed by atoms with van der Waals surface area (Å²) in [5.74, 6) is -4.71. The average molecular weight is 360 g/mol. The number of benzene rings is 2. The van der Waals surface area contributed by atoms with Gasteiger partial charge in [-0.25, -0.2) is 0 Å². The third-order valence-electron chi connectivity index (χ3n) is 4.47. The fraction of sp³-hybridized carbons (Fsp3) is 0.222. The van der Waals surface area contributed by atoms with Crippen LogP contribution in [-0.2, 0) is 0 Å². The zero-order chi connectivity index (χ0) is 19.2. The van der Waals surface area contributed by atoms with Crippen molar-refractivity contribution in [2.45, 2.75) is 12.3 Å². The highest BCUT2D eigenvalue weighted by Crippen LogP contribution is 2.45. The first-order valence-corrected chi connectivity index (χ1v) is 7.77. The number of carbonyl (C=O) groups is 2. The number of fused-ring (bicyclic) bond motifs is 2. The van der Waals surface area contributed by atoms with Crippen molar-refractivity contribution in [3.05, 3.63) is 46.0 Å². The van der Waals surface area contributed by atoms with Crippen molar-refractivity contribution in [2.24, 2.45) is 0 Å². The normalized spacial score (nSPS) is 14.1. The van der Waals surface area contributed by atoms with E-state index < -0.39 is 52.7 Å². The molecule has 0 fully saturated rings. The van der Waals surface area contributed by atoms with Crippen molar-refractivity contribution in [3.8, 4) is 23.0 Å². The number of ketones is 2. The number of hydrogen-bond donors (Lipinski definition) is 6. The number of aliphatic hydroxyl groups is 2. The van der Waals surface area contributed by atoms with E-state index in [1.165, 1.54) is 0 Å². The van der Waals surface area contributed by atoms with Gasteiger partial charge in [0.15, 0.2) is 5.78 Å². The molecule has 0 amide bonds. The van der Waals surface area contributed by atoms with Crippen LogP contribution in [0.4, 0.5) is 0 Å². The molecule has 0 saturated carbocycles. The fourth-order valence-electron chi connectivity index (χ4n) is 3.26. The summed E-state index contributed by atoms with van der Waals surface area (Å²) in [4.78, 5) is 25.4. The van der Waals surface area contributed by atoms with Crippen molar-refractivity contribution in [2.75, 3.05) is 13.2 Å². The lowest BCUT2D eigenvalue weighted by molar-refractivity contribution is 0.0973. The number of rotatable bonds is 4. The molecule has 0 spiro atoms. The summed E-state index contributed by atoms with van der Waals surface area (Å²) in [6, 6.07) is 2.91. The molecule has 3 rings (SSSR count). The lowest BCUT2D eigenvalue weighted by atomic mass is 9.80. The number of aromatic hydroxyl groups is 4. The molecular formula is C18H16O8. The van der Waals surface area contributed by atoms with E-state index >= 15 is 0 Å². The van der Waals surface area contributed by atoms with Gasteiger partial charge in [-0.3, -0.25) is 9.59 Å². The molecule has 26 heavy (non-hydrogen) atoms. The van der Waals surface area contributed by atoms with Crippen LogP contribution in [0.2, 0.25) is 0 Å². The van der Waals surface area contributed by atoms with E-state index in [2.05, 4.69) is 0 Å². The van der Waals surface area contributed by atoms with Gasteiger partial charge in [0.1, 0.15) is 23.0 Å². The van der Waals surface area contributed by atoms with Gasteiger partial charge in [0, 0.05) is 35.3 Å². The molecule has 0 bridgehead atoms. The SMILES string of the molecule is O=C1c2cc(O)cc(O)c2C(=O)c2c1cc(O)c([C@@H](CO)CCO)c2O. The molecule has 0 heterocycles. The minimum absolute atomic E-state index is 0.00819. The van der Waals surface area contributed by atoms with E-state index in [1.54, 1.807) is 0 Å². The summed E-state index contributed by atoms with van der Waals surface area (Å²) >= 11 is 0. The second-order valence-electron chi connectivity index (χ2n) is 6.02. The van der Waals surface area contributed by atoms with Gasteiger partial charge >= 0.3 is 0 Å². The van der Waals surface area contributed by atoms with Gasteiger partial charge in [0.05, 0.1) is 17.7 Å². The van der Waals surface area contributed by atoms with E-state index in [9.17, 15) is 35.1 Å². The summed E-state index contributed by atoms with van der Waals surface area (Å²) in [6.07, 6.45) is 0.00819. The molecule has 8 nitrogen and oxygen atoms in total. The Hall–Kier alpha value is -3.10. The van der Waals surface area contributed by atoms with Crippen molar-refractivity contribution >= 4 is 11.6 Å². The lowest BCUT2D eigenvalue weighted by Crippen LogP contribution is -2.22. The Morgan fingerprint density at radius 3 is 2.08 bits per heavy atom. The summed E-state index contributed by atoms with van der Waals surface area (Å²) in [5.41, 5.74) is -1.47. The molecule has 6 N–H and O–H groups in total. The van der Waals surface area contributed by atoms with Crippen LogP contribution in [0.3, 0.4) is 0 Å². The van der Waals surface area contributed by atoms with Gasteiger partial charge in [0.25, 0.3) is 0 Å². The van der Waals surface area contributed by atoms with E-state index in [0.29, 0.717) is 0 Å². The molecular weight excluding hydrogens is 344 g/mol. The van der Waals surface area contributed by atoms with Crippen LogP contribution in [-0.4, -0.2) is 55.4 Å². The molecule has 136 valence electrons. The van der Waals surface area contributed by atoms with Gasteiger partial charge in [-0.15, -0.1) is 0 Å². The third kappa shape index (κ3) is 2.47. The summed E-state index contributed by atoms with van der Waals surface area (Å²) < 4.78 is 0. The van der Waals surface area contributed by atoms with Crippen molar-refractivity contribution in [3.63, 3.8) is 0 Å². The quantitative estimate of drug-likeness (QED) is 0.398. The number of carbonyl (C=O) groups excluding carboxylic acids is 2. The Labute approximate surface area is 147 Å². The Morgan fingerprint density at radius 2 is 1.46 bits per heavy atom. The minimum atomic E-state index is -0.858. The van der Waals surface area contributed by atoms with Crippen molar-refractivity contribution in [1.29, 1.82) is 0 Å². The highest BCUT2D eigenvalue weighted by Gasteiger charge is 2.37. The Kier molecular flexibility index (Phi) is 4.31. The maximum absolute atomic E-state index is 12.8. The predicted octanol–water partition coefficient (Wildman–Crippen LogP) is 0.743. The first-order valence-electron chi connectivity index (χ1n) is 7.77. The standard InChI is InChI=1S/C18H16O8/c19-2-1-7(6-20)13-12(23)5-10-15(17(13)25)18(26)14-9(16(10)24)3-8(21)4-11(14)22/h3-5,7,19-23,25H,1-2,6H2/t7-/m1/s1. The van der Waals surface area contributed by atoms with Gasteiger partial charge in [0.2, 0.25) is 5.78 Å². The molecule has 2 aromatic rings. The number of phenolic OH excluding ortho intramolecular Hbond substituents is 4. The molecule has 0 aromatic heterocycles. The van der Waals surface area contributed by atoms with Crippen LogP contribution in [0.25, 0.3) is 0 Å². The van der Waals surface area contributed by atoms with Crippen LogP contribution in [0.15, 0.2) is 18.2 Å². The lowest BCUT2D eigenvalue weighted by Gasteiger charge is -2.24. The van der Waals surface area contributed by atoms with Crippen LogP contribution < -0.4 is 0 Å². The first kappa shape index (κ1) is 17.7. The molecule has 0 saturated heterocycles. The molecule has 0 aliphatic heterocycles. The first-order chi connectivity index (χ1) is 12.3. The number of phenols is 4. The monoisotopic (exact) mass is 360 g/mol. The number of aliphatic hydroxyl groups excluding tert-OH is 2. The predicted molar refractivity (Wildman–Crippen MR) is 87.9 cm³/mol. The maximum atomic E-state index is 12.8. The molecule has 0 radical (unpaired) electrons. The Balaban J connectivity index is 2.29. The van der Waals surface area contributed by atoms with Gasteiger partial charge < -0.3 is 30.6 Å². The molecule has 1 atom stereocenters. The van der Waals surface area contributed by atoms with Crippen molar-refractivity contribution in [1.82, 2.24) is 0 Å². The molecule has 1 aliphatic rings. The maximum Gasteiger partial charge on any atom is 0.201 e. The van der Waals surface area contributed by atoms with Crippen LogP contribution in [0.1, 0.15) is 49.7 Å². The average Bonchev–Trinajstić information content (AvgIpc) is 2.57. The second-order valence-corrected chi connectivity index (χ2v) is 6.02. The van der Waals surface area contributed by atoms with Crippen LogP contribution in [0.5, 0.6) is 23.0 Å².